The molecule has 0 amide bonds. The van der Waals surface area contributed by atoms with Crippen LogP contribution in [-0.2, 0) is 5.41 Å². The summed E-state index contributed by atoms with van der Waals surface area (Å²) in [7, 11) is 0. The van der Waals surface area contributed by atoms with Gasteiger partial charge in [-0.2, -0.15) is 0 Å². The van der Waals surface area contributed by atoms with Crippen molar-refractivity contribution in [2.24, 2.45) is 0 Å². The van der Waals surface area contributed by atoms with Crippen molar-refractivity contribution in [1.29, 1.82) is 0 Å². The van der Waals surface area contributed by atoms with Gasteiger partial charge in [0.05, 0.1) is 10.3 Å². The van der Waals surface area contributed by atoms with E-state index in [-0.39, 0.29) is 10.6 Å². The monoisotopic (exact) mass is 266 g/mol. The quantitative estimate of drug-likeness (QED) is 0.604. The summed E-state index contributed by atoms with van der Waals surface area (Å²) in [6, 6.07) is 5.98. The van der Waals surface area contributed by atoms with Gasteiger partial charge in [0, 0.05) is 30.9 Å². The minimum absolute atomic E-state index is 0.0129. The molecule has 0 radical (unpaired) electrons. The maximum atomic E-state index is 11.3. The zero-order valence-corrected chi connectivity index (χ0v) is 11.5. The summed E-state index contributed by atoms with van der Waals surface area (Å²) >= 11 is 0. The molecule has 0 aromatic heterocycles. The van der Waals surface area contributed by atoms with E-state index in [1.807, 2.05) is 13.8 Å². The Balaban J connectivity index is 3.30. The first-order valence-corrected chi connectivity index (χ1v) is 6.06. The molecule has 0 bridgehead atoms. The number of rotatable bonds is 5. The standard InChI is InChI=1S/C13H18N2O4/c1-5-13(4,12(2,3)15(18)19)10-6-8-11(9-7-10)14(16)17/h6-9H,5H2,1-4H3. The Morgan fingerprint density at radius 2 is 1.53 bits per heavy atom. The van der Waals surface area contributed by atoms with Crippen LogP contribution in [0.1, 0.15) is 39.7 Å². The van der Waals surface area contributed by atoms with E-state index in [1.54, 1.807) is 26.0 Å². The molecule has 0 saturated carbocycles. The Hall–Kier alpha value is -1.98. The van der Waals surface area contributed by atoms with Crippen molar-refractivity contribution in [2.45, 2.75) is 45.1 Å². The minimum atomic E-state index is -1.15. The lowest BCUT2D eigenvalue weighted by Crippen LogP contribution is -2.50. The molecule has 1 aromatic carbocycles. The lowest BCUT2D eigenvalue weighted by molar-refractivity contribution is -0.574. The van der Waals surface area contributed by atoms with Gasteiger partial charge in [0.25, 0.3) is 5.69 Å². The highest BCUT2D eigenvalue weighted by molar-refractivity contribution is 5.37. The SMILES string of the molecule is CCC(C)(c1ccc([N+](=O)[O-])cc1)C(C)(C)[N+](=O)[O-]. The second-order valence-corrected chi connectivity index (χ2v) is 5.31. The van der Waals surface area contributed by atoms with Crippen molar-refractivity contribution < 1.29 is 9.85 Å². The van der Waals surface area contributed by atoms with Crippen LogP contribution in [0.4, 0.5) is 5.69 Å². The van der Waals surface area contributed by atoms with Crippen LogP contribution in [0.3, 0.4) is 0 Å². The largest absolute Gasteiger partial charge is 0.269 e. The second-order valence-electron chi connectivity index (χ2n) is 5.31. The molecule has 104 valence electrons. The molecule has 1 atom stereocenters. The molecule has 6 nitrogen and oxygen atoms in total. The van der Waals surface area contributed by atoms with Gasteiger partial charge in [-0.05, 0) is 18.9 Å². The van der Waals surface area contributed by atoms with Crippen LogP contribution in [0.25, 0.3) is 0 Å². The number of non-ortho nitro benzene ring substituents is 1. The van der Waals surface area contributed by atoms with Crippen molar-refractivity contribution in [3.05, 3.63) is 50.1 Å². The zero-order valence-electron chi connectivity index (χ0n) is 11.5. The Kier molecular flexibility index (Phi) is 3.93. The van der Waals surface area contributed by atoms with Crippen LogP contribution in [-0.4, -0.2) is 15.4 Å². The fourth-order valence-corrected chi connectivity index (χ4v) is 2.14. The first-order valence-electron chi connectivity index (χ1n) is 6.06. The third kappa shape index (κ3) is 2.43. The molecule has 0 aliphatic heterocycles. The minimum Gasteiger partial charge on any atom is -0.264 e. The molecule has 0 N–H and O–H groups in total. The molecule has 0 aliphatic rings. The van der Waals surface area contributed by atoms with Crippen molar-refractivity contribution in [2.75, 3.05) is 0 Å². The van der Waals surface area contributed by atoms with Gasteiger partial charge in [-0.15, -0.1) is 0 Å². The maximum Gasteiger partial charge on any atom is 0.269 e. The fraction of sp³-hybridized carbons (Fsp3) is 0.538. The molecular weight excluding hydrogens is 248 g/mol. The number of nitro groups is 2. The molecule has 6 heteroatoms. The predicted molar refractivity (Wildman–Crippen MR) is 71.8 cm³/mol. The molecule has 0 aliphatic carbocycles. The van der Waals surface area contributed by atoms with E-state index < -0.39 is 15.9 Å². The van der Waals surface area contributed by atoms with Gasteiger partial charge in [-0.25, -0.2) is 0 Å². The highest BCUT2D eigenvalue weighted by Crippen LogP contribution is 2.40. The van der Waals surface area contributed by atoms with Gasteiger partial charge in [-0.3, -0.25) is 20.2 Å². The third-order valence-corrected chi connectivity index (χ3v) is 4.23. The molecule has 0 heterocycles. The first-order chi connectivity index (χ1) is 8.66. The molecule has 0 fully saturated rings. The van der Waals surface area contributed by atoms with Crippen LogP contribution in [0, 0.1) is 20.2 Å². The van der Waals surface area contributed by atoms with Crippen molar-refractivity contribution in [1.82, 2.24) is 0 Å². The lowest BCUT2D eigenvalue weighted by Gasteiger charge is -2.37. The van der Waals surface area contributed by atoms with E-state index >= 15 is 0 Å². The Bertz CT molecular complexity index is 496. The van der Waals surface area contributed by atoms with E-state index in [9.17, 15) is 20.2 Å². The summed E-state index contributed by atoms with van der Waals surface area (Å²) in [5.74, 6) is 0. The predicted octanol–water partition coefficient (Wildman–Crippen LogP) is 3.32. The second kappa shape index (κ2) is 4.95. The van der Waals surface area contributed by atoms with Crippen molar-refractivity contribution in [3.8, 4) is 0 Å². The van der Waals surface area contributed by atoms with E-state index in [0.717, 1.165) is 5.56 Å². The summed E-state index contributed by atoms with van der Waals surface area (Å²) in [5, 5.41) is 21.9. The molecule has 19 heavy (non-hydrogen) atoms. The molecule has 1 aromatic rings. The first kappa shape index (κ1) is 15.1. The number of nitro benzene ring substituents is 1. The number of hydrogen-bond donors (Lipinski definition) is 0. The maximum absolute atomic E-state index is 11.3. The smallest absolute Gasteiger partial charge is 0.264 e. The third-order valence-electron chi connectivity index (χ3n) is 4.23. The van der Waals surface area contributed by atoms with E-state index in [0.29, 0.717) is 6.42 Å². The lowest BCUT2D eigenvalue weighted by atomic mass is 9.67. The van der Waals surface area contributed by atoms with Crippen molar-refractivity contribution in [3.63, 3.8) is 0 Å². The van der Waals surface area contributed by atoms with Crippen LogP contribution in [0.15, 0.2) is 24.3 Å². The summed E-state index contributed by atoms with van der Waals surface area (Å²) < 4.78 is 0. The summed E-state index contributed by atoms with van der Waals surface area (Å²) in [6.07, 6.45) is 0.568. The average Bonchev–Trinajstić information content (AvgIpc) is 2.37. The summed E-state index contributed by atoms with van der Waals surface area (Å²) in [5.41, 5.74) is -1.12. The fourth-order valence-electron chi connectivity index (χ4n) is 2.14. The number of nitrogens with zero attached hydrogens (tertiary/aromatic N) is 2. The summed E-state index contributed by atoms with van der Waals surface area (Å²) in [4.78, 5) is 21.1. The van der Waals surface area contributed by atoms with Gasteiger partial charge >= 0.3 is 0 Å². The zero-order chi connectivity index (χ0) is 14.8. The van der Waals surface area contributed by atoms with Gasteiger partial charge < -0.3 is 0 Å². The van der Waals surface area contributed by atoms with E-state index in [1.165, 1.54) is 12.1 Å². The van der Waals surface area contributed by atoms with Crippen molar-refractivity contribution >= 4 is 5.69 Å². The highest BCUT2D eigenvalue weighted by atomic mass is 16.6. The van der Waals surface area contributed by atoms with Crippen LogP contribution < -0.4 is 0 Å². The normalized spacial score (nSPS) is 14.7. The van der Waals surface area contributed by atoms with Crippen LogP contribution >= 0.6 is 0 Å². The average molecular weight is 266 g/mol. The van der Waals surface area contributed by atoms with E-state index in [2.05, 4.69) is 0 Å². The van der Waals surface area contributed by atoms with Gasteiger partial charge in [-0.1, -0.05) is 19.1 Å². The number of hydrogen-bond acceptors (Lipinski definition) is 4. The highest BCUT2D eigenvalue weighted by Gasteiger charge is 2.50. The Morgan fingerprint density at radius 3 is 1.84 bits per heavy atom. The molecular formula is C13H18N2O4. The van der Waals surface area contributed by atoms with Gasteiger partial charge in [0.15, 0.2) is 0 Å². The summed E-state index contributed by atoms with van der Waals surface area (Å²) in [6.45, 7) is 6.86. The van der Waals surface area contributed by atoms with Gasteiger partial charge in [0.2, 0.25) is 5.54 Å². The van der Waals surface area contributed by atoms with Crippen LogP contribution in [0.5, 0.6) is 0 Å². The topological polar surface area (TPSA) is 86.3 Å². The van der Waals surface area contributed by atoms with Gasteiger partial charge in [0.1, 0.15) is 0 Å². The van der Waals surface area contributed by atoms with E-state index in [4.69, 9.17) is 0 Å². The molecule has 0 spiro atoms. The Labute approximate surface area is 111 Å². The number of benzene rings is 1. The molecule has 1 unspecified atom stereocenters. The van der Waals surface area contributed by atoms with Crippen LogP contribution in [0.2, 0.25) is 0 Å². The molecule has 0 saturated heterocycles. The Morgan fingerprint density at radius 1 is 1.05 bits per heavy atom. The molecule has 1 rings (SSSR count).